The van der Waals surface area contributed by atoms with Crippen LogP contribution in [0.25, 0.3) is 0 Å². The lowest BCUT2D eigenvalue weighted by Crippen LogP contribution is -2.44. The summed E-state index contributed by atoms with van der Waals surface area (Å²) >= 11 is 0. The number of hydrogen-bond acceptors (Lipinski definition) is 3. The lowest BCUT2D eigenvalue weighted by molar-refractivity contribution is -0.123. The average molecular weight is 260 g/mol. The van der Waals surface area contributed by atoms with E-state index in [0.717, 1.165) is 37.1 Å². The number of benzene rings is 1. The minimum absolute atomic E-state index is 0.0786. The summed E-state index contributed by atoms with van der Waals surface area (Å²) in [6.07, 6.45) is 3.89. The number of fused-ring (bicyclic) bond motifs is 1. The molecule has 2 atom stereocenters. The van der Waals surface area contributed by atoms with Crippen LogP contribution < -0.4 is 15.4 Å². The molecule has 0 aromatic heterocycles. The molecule has 0 bridgehead atoms. The second kappa shape index (κ2) is 5.21. The quantitative estimate of drug-likeness (QED) is 0.839. The van der Waals surface area contributed by atoms with Crippen molar-refractivity contribution in [3.05, 3.63) is 24.3 Å². The van der Waals surface area contributed by atoms with E-state index >= 15 is 0 Å². The van der Waals surface area contributed by atoms with Crippen molar-refractivity contribution in [2.75, 3.05) is 18.1 Å². The number of ether oxygens (including phenoxy) is 1. The highest BCUT2D eigenvalue weighted by atomic mass is 16.5. The standard InChI is InChI=1S/C15H20N2O2/c16-12-5-3-4-11(10-12)15(18)17-8-9-19-14-7-2-1-6-13(14)17/h1-2,6-7,11-12H,3-5,8-10,16H2. The zero-order valence-corrected chi connectivity index (χ0v) is 11.0. The van der Waals surface area contributed by atoms with E-state index in [4.69, 9.17) is 10.5 Å². The van der Waals surface area contributed by atoms with Crippen LogP contribution in [0.5, 0.6) is 5.75 Å². The highest BCUT2D eigenvalue weighted by Crippen LogP contribution is 2.34. The number of carbonyl (C=O) groups excluding carboxylic acids is 1. The molecule has 1 heterocycles. The summed E-state index contributed by atoms with van der Waals surface area (Å²) in [5.41, 5.74) is 6.89. The summed E-state index contributed by atoms with van der Waals surface area (Å²) in [7, 11) is 0. The Morgan fingerprint density at radius 1 is 1.32 bits per heavy atom. The number of rotatable bonds is 1. The van der Waals surface area contributed by atoms with Gasteiger partial charge in [0.15, 0.2) is 0 Å². The van der Waals surface area contributed by atoms with Gasteiger partial charge in [0.05, 0.1) is 12.2 Å². The van der Waals surface area contributed by atoms with Crippen molar-refractivity contribution < 1.29 is 9.53 Å². The fourth-order valence-corrected chi connectivity index (χ4v) is 3.07. The van der Waals surface area contributed by atoms with E-state index in [1.165, 1.54) is 0 Å². The zero-order chi connectivity index (χ0) is 13.2. The Bertz CT molecular complexity index is 475. The molecule has 19 heavy (non-hydrogen) atoms. The Hall–Kier alpha value is -1.55. The number of hydrogen-bond donors (Lipinski definition) is 1. The summed E-state index contributed by atoms with van der Waals surface area (Å²) < 4.78 is 5.59. The Balaban J connectivity index is 1.81. The first-order chi connectivity index (χ1) is 9.25. The maximum atomic E-state index is 12.7. The number of anilines is 1. The third-order valence-corrected chi connectivity index (χ3v) is 4.06. The predicted molar refractivity (Wildman–Crippen MR) is 74.2 cm³/mol. The lowest BCUT2D eigenvalue weighted by Gasteiger charge is -2.34. The Labute approximate surface area is 113 Å². The van der Waals surface area contributed by atoms with E-state index < -0.39 is 0 Å². The summed E-state index contributed by atoms with van der Waals surface area (Å²) in [5.74, 6) is 1.10. The highest BCUT2D eigenvalue weighted by Gasteiger charge is 2.32. The van der Waals surface area contributed by atoms with Crippen LogP contribution >= 0.6 is 0 Å². The molecule has 1 saturated carbocycles. The first-order valence-electron chi connectivity index (χ1n) is 7.04. The van der Waals surface area contributed by atoms with Gasteiger partial charge in [0.1, 0.15) is 12.4 Å². The molecule has 1 aliphatic heterocycles. The summed E-state index contributed by atoms with van der Waals surface area (Å²) in [6, 6.07) is 7.93. The molecule has 1 aromatic rings. The van der Waals surface area contributed by atoms with Gasteiger partial charge in [-0.15, -0.1) is 0 Å². The Morgan fingerprint density at radius 3 is 3.00 bits per heavy atom. The summed E-state index contributed by atoms with van der Waals surface area (Å²) in [6.45, 7) is 1.21. The van der Waals surface area contributed by atoms with Gasteiger partial charge in [-0.3, -0.25) is 4.79 Å². The molecule has 1 amide bonds. The van der Waals surface area contributed by atoms with Crippen LogP contribution in [-0.4, -0.2) is 25.1 Å². The predicted octanol–water partition coefficient (Wildman–Crippen LogP) is 1.93. The van der Waals surface area contributed by atoms with Crippen molar-refractivity contribution in [2.24, 2.45) is 11.7 Å². The molecule has 0 spiro atoms. The maximum absolute atomic E-state index is 12.7. The van der Waals surface area contributed by atoms with Crippen LogP contribution in [0, 0.1) is 5.92 Å². The van der Waals surface area contributed by atoms with Crippen molar-refractivity contribution in [1.29, 1.82) is 0 Å². The Morgan fingerprint density at radius 2 is 2.16 bits per heavy atom. The van der Waals surface area contributed by atoms with Gasteiger partial charge in [0.2, 0.25) is 5.91 Å². The topological polar surface area (TPSA) is 55.6 Å². The molecule has 0 saturated heterocycles. The van der Waals surface area contributed by atoms with E-state index in [-0.39, 0.29) is 17.9 Å². The second-order valence-electron chi connectivity index (χ2n) is 5.43. The average Bonchev–Trinajstić information content (AvgIpc) is 2.46. The van der Waals surface area contributed by atoms with E-state index in [2.05, 4.69) is 0 Å². The van der Waals surface area contributed by atoms with Crippen LogP contribution in [0.4, 0.5) is 5.69 Å². The van der Waals surface area contributed by atoms with Gasteiger partial charge in [-0.25, -0.2) is 0 Å². The van der Waals surface area contributed by atoms with E-state index in [1.807, 2.05) is 29.2 Å². The van der Waals surface area contributed by atoms with Crippen LogP contribution in [0.15, 0.2) is 24.3 Å². The SMILES string of the molecule is NC1CCCC(C(=O)N2CCOc3ccccc32)C1. The lowest BCUT2D eigenvalue weighted by atomic mass is 9.85. The zero-order valence-electron chi connectivity index (χ0n) is 11.0. The number of amides is 1. The maximum Gasteiger partial charge on any atom is 0.230 e. The molecular weight excluding hydrogens is 240 g/mol. The minimum Gasteiger partial charge on any atom is -0.490 e. The first kappa shape index (κ1) is 12.5. The monoisotopic (exact) mass is 260 g/mol. The molecule has 1 aromatic carbocycles. The smallest absolute Gasteiger partial charge is 0.230 e. The Kier molecular flexibility index (Phi) is 3.42. The van der Waals surface area contributed by atoms with Gasteiger partial charge in [-0.1, -0.05) is 18.6 Å². The van der Waals surface area contributed by atoms with Gasteiger partial charge in [-0.2, -0.15) is 0 Å². The van der Waals surface area contributed by atoms with Gasteiger partial charge >= 0.3 is 0 Å². The van der Waals surface area contributed by atoms with Crippen molar-refractivity contribution in [2.45, 2.75) is 31.7 Å². The first-order valence-corrected chi connectivity index (χ1v) is 7.04. The van der Waals surface area contributed by atoms with E-state index in [9.17, 15) is 4.79 Å². The van der Waals surface area contributed by atoms with Gasteiger partial charge in [-0.05, 0) is 31.4 Å². The molecular formula is C15H20N2O2. The normalized spacial score (nSPS) is 26.5. The molecule has 2 aliphatic rings. The number of nitrogens with zero attached hydrogens (tertiary/aromatic N) is 1. The second-order valence-corrected chi connectivity index (χ2v) is 5.43. The summed E-state index contributed by atoms with van der Waals surface area (Å²) in [5, 5.41) is 0. The molecule has 2 unspecified atom stereocenters. The molecule has 0 radical (unpaired) electrons. The molecule has 3 rings (SSSR count). The number of para-hydroxylation sites is 2. The number of carbonyl (C=O) groups is 1. The molecule has 102 valence electrons. The molecule has 1 aliphatic carbocycles. The summed E-state index contributed by atoms with van der Waals surface area (Å²) in [4.78, 5) is 14.6. The minimum atomic E-state index is 0.0786. The number of nitrogens with two attached hydrogens (primary N) is 1. The largest absolute Gasteiger partial charge is 0.490 e. The van der Waals surface area contributed by atoms with Gasteiger partial charge in [0.25, 0.3) is 0 Å². The molecule has 1 fully saturated rings. The van der Waals surface area contributed by atoms with E-state index in [1.54, 1.807) is 0 Å². The van der Waals surface area contributed by atoms with Crippen molar-refractivity contribution in [3.8, 4) is 5.75 Å². The highest BCUT2D eigenvalue weighted by molar-refractivity contribution is 5.96. The van der Waals surface area contributed by atoms with Crippen molar-refractivity contribution in [3.63, 3.8) is 0 Å². The van der Waals surface area contributed by atoms with Crippen molar-refractivity contribution in [1.82, 2.24) is 0 Å². The van der Waals surface area contributed by atoms with Gasteiger partial charge in [0, 0.05) is 12.0 Å². The van der Waals surface area contributed by atoms with Crippen LogP contribution in [0.3, 0.4) is 0 Å². The van der Waals surface area contributed by atoms with Crippen LogP contribution in [-0.2, 0) is 4.79 Å². The third-order valence-electron chi connectivity index (χ3n) is 4.06. The fourth-order valence-electron chi connectivity index (χ4n) is 3.07. The molecule has 2 N–H and O–H groups in total. The molecule has 4 nitrogen and oxygen atoms in total. The van der Waals surface area contributed by atoms with Crippen LogP contribution in [0.1, 0.15) is 25.7 Å². The van der Waals surface area contributed by atoms with Crippen LogP contribution in [0.2, 0.25) is 0 Å². The van der Waals surface area contributed by atoms with Crippen molar-refractivity contribution >= 4 is 11.6 Å². The third kappa shape index (κ3) is 2.45. The van der Waals surface area contributed by atoms with Gasteiger partial charge < -0.3 is 15.4 Å². The fraction of sp³-hybridized carbons (Fsp3) is 0.533. The van der Waals surface area contributed by atoms with E-state index in [0.29, 0.717) is 13.2 Å². The molecule has 4 heteroatoms.